The van der Waals surface area contributed by atoms with Gasteiger partial charge in [0.15, 0.2) is 0 Å². The summed E-state index contributed by atoms with van der Waals surface area (Å²) in [6.45, 7) is 0.545. The van der Waals surface area contributed by atoms with Crippen molar-refractivity contribution in [2.45, 2.75) is 4.90 Å². The first-order valence-corrected chi connectivity index (χ1v) is 8.48. The van der Waals surface area contributed by atoms with Crippen molar-refractivity contribution in [2.75, 3.05) is 18.5 Å². The zero-order valence-corrected chi connectivity index (χ0v) is 13.6. The third-order valence-electron chi connectivity index (χ3n) is 2.65. The molecule has 0 saturated carbocycles. The first kappa shape index (κ1) is 16.8. The molecule has 0 unspecified atom stereocenters. The van der Waals surface area contributed by atoms with Gasteiger partial charge >= 0.3 is 0 Å². The highest BCUT2D eigenvalue weighted by Crippen LogP contribution is 2.31. The molecule has 0 aliphatic carbocycles. The molecular formula is C13H13Cl2N3O3S. The molecule has 3 N–H and O–H groups in total. The molecule has 2 rings (SSSR count). The summed E-state index contributed by atoms with van der Waals surface area (Å²) in [7, 11) is -3.84. The summed E-state index contributed by atoms with van der Waals surface area (Å²) >= 11 is 11.9. The number of aromatic nitrogens is 1. The van der Waals surface area contributed by atoms with Gasteiger partial charge in [0.1, 0.15) is 28.1 Å². The molecule has 1 aromatic carbocycles. The smallest absolute Gasteiger partial charge is 0.241 e. The number of halogens is 2. The quantitative estimate of drug-likeness (QED) is 0.770. The molecule has 2 aromatic rings. The second-order valence-corrected chi connectivity index (χ2v) is 6.54. The molecule has 0 spiro atoms. The number of nitrogens with zero attached hydrogens (tertiary/aromatic N) is 1. The van der Waals surface area contributed by atoms with Crippen LogP contribution in [0.1, 0.15) is 0 Å². The number of nitrogens with one attached hydrogen (secondary N) is 1. The molecule has 1 aromatic heterocycles. The van der Waals surface area contributed by atoms with E-state index in [1.165, 1.54) is 18.3 Å². The van der Waals surface area contributed by atoms with E-state index in [0.29, 0.717) is 22.3 Å². The molecule has 0 amide bonds. The highest BCUT2D eigenvalue weighted by Gasteiger charge is 2.14. The van der Waals surface area contributed by atoms with Crippen LogP contribution in [0.15, 0.2) is 41.4 Å². The van der Waals surface area contributed by atoms with Crippen LogP contribution in [0, 0.1) is 0 Å². The predicted octanol–water partition coefficient (Wildman–Crippen LogP) is 2.53. The van der Waals surface area contributed by atoms with Crippen molar-refractivity contribution in [2.24, 2.45) is 5.14 Å². The first-order chi connectivity index (χ1) is 10.4. The summed E-state index contributed by atoms with van der Waals surface area (Å²) in [4.78, 5) is 3.88. The van der Waals surface area contributed by atoms with E-state index in [9.17, 15) is 8.42 Å². The Kier molecular flexibility index (Phi) is 5.47. The summed E-state index contributed by atoms with van der Waals surface area (Å²) in [5.41, 5.74) is 0. The fourth-order valence-corrected chi connectivity index (χ4v) is 2.69. The molecule has 118 valence electrons. The van der Waals surface area contributed by atoms with Gasteiger partial charge < -0.3 is 10.1 Å². The lowest BCUT2D eigenvalue weighted by Gasteiger charge is -2.11. The van der Waals surface area contributed by atoms with Crippen molar-refractivity contribution in [3.8, 4) is 5.75 Å². The van der Waals surface area contributed by atoms with Crippen molar-refractivity contribution < 1.29 is 13.2 Å². The van der Waals surface area contributed by atoms with Gasteiger partial charge in [-0.3, -0.25) is 0 Å². The van der Waals surface area contributed by atoms with Crippen molar-refractivity contribution >= 4 is 39.0 Å². The van der Waals surface area contributed by atoms with Crippen molar-refractivity contribution in [3.05, 3.63) is 46.6 Å². The normalized spacial score (nSPS) is 11.2. The lowest BCUT2D eigenvalue weighted by Crippen LogP contribution is -2.18. The molecule has 6 nitrogen and oxygen atoms in total. The third kappa shape index (κ3) is 4.23. The fraction of sp³-hybridized carbons (Fsp3) is 0.154. The van der Waals surface area contributed by atoms with Crippen LogP contribution in [0.2, 0.25) is 10.0 Å². The zero-order chi connectivity index (χ0) is 16.2. The summed E-state index contributed by atoms with van der Waals surface area (Å²) in [6, 6.07) is 7.92. The van der Waals surface area contributed by atoms with Crippen LogP contribution in [-0.4, -0.2) is 26.6 Å². The monoisotopic (exact) mass is 361 g/mol. The molecule has 1 heterocycles. The van der Waals surface area contributed by atoms with Gasteiger partial charge in [-0.1, -0.05) is 29.3 Å². The van der Waals surface area contributed by atoms with Gasteiger partial charge in [0.05, 0.1) is 11.6 Å². The van der Waals surface area contributed by atoms with Gasteiger partial charge in [-0.25, -0.2) is 18.5 Å². The Bertz CT molecular complexity index is 769. The topological polar surface area (TPSA) is 94.3 Å². The molecule has 0 saturated heterocycles. The average Bonchev–Trinajstić information content (AvgIpc) is 2.47. The molecule has 0 fully saturated rings. The maximum Gasteiger partial charge on any atom is 0.241 e. The molecule has 0 radical (unpaired) electrons. The molecule has 9 heteroatoms. The van der Waals surface area contributed by atoms with Crippen LogP contribution < -0.4 is 15.2 Å². The average molecular weight is 362 g/mol. The third-order valence-corrected chi connectivity index (χ3v) is 4.39. The second kappa shape index (κ2) is 7.15. The van der Waals surface area contributed by atoms with E-state index in [4.69, 9.17) is 33.1 Å². The number of rotatable bonds is 6. The number of hydrogen-bond donors (Lipinski definition) is 2. The summed E-state index contributed by atoms with van der Waals surface area (Å²) < 4.78 is 28.3. The highest BCUT2D eigenvalue weighted by molar-refractivity contribution is 7.89. The minimum absolute atomic E-state index is 0.0733. The van der Waals surface area contributed by atoms with E-state index in [1.54, 1.807) is 18.2 Å². The van der Waals surface area contributed by atoms with Crippen LogP contribution in [0.4, 0.5) is 5.82 Å². The summed E-state index contributed by atoms with van der Waals surface area (Å²) in [6.07, 6.45) is 1.46. The Balaban J connectivity index is 1.97. The number of benzene rings is 1. The van der Waals surface area contributed by atoms with Gasteiger partial charge in [0.25, 0.3) is 0 Å². The van der Waals surface area contributed by atoms with Crippen LogP contribution in [-0.2, 0) is 10.0 Å². The predicted molar refractivity (Wildman–Crippen MR) is 86.1 cm³/mol. The number of hydrogen-bond acceptors (Lipinski definition) is 5. The van der Waals surface area contributed by atoms with Gasteiger partial charge in [-0.15, -0.1) is 0 Å². The number of ether oxygens (including phenoxy) is 1. The molecule has 22 heavy (non-hydrogen) atoms. The van der Waals surface area contributed by atoms with Gasteiger partial charge in [0.2, 0.25) is 10.0 Å². The SMILES string of the molecule is NS(=O)(=O)c1cccnc1NCCOc1cccc(Cl)c1Cl. The van der Waals surface area contributed by atoms with Crippen LogP contribution in [0.5, 0.6) is 5.75 Å². The van der Waals surface area contributed by atoms with Gasteiger partial charge in [-0.05, 0) is 24.3 Å². The van der Waals surface area contributed by atoms with Crippen molar-refractivity contribution in [3.63, 3.8) is 0 Å². The second-order valence-electron chi connectivity index (χ2n) is 4.22. The van der Waals surface area contributed by atoms with Crippen LogP contribution in [0.3, 0.4) is 0 Å². The van der Waals surface area contributed by atoms with Crippen LogP contribution in [0.25, 0.3) is 0 Å². The maximum absolute atomic E-state index is 11.4. The fourth-order valence-electron chi connectivity index (χ4n) is 1.68. The number of pyridine rings is 1. The van der Waals surface area contributed by atoms with Gasteiger partial charge in [-0.2, -0.15) is 0 Å². The number of nitrogens with two attached hydrogens (primary N) is 1. The Hall–Kier alpha value is -1.54. The van der Waals surface area contributed by atoms with Gasteiger partial charge in [0, 0.05) is 6.20 Å². The Morgan fingerprint density at radius 1 is 1.23 bits per heavy atom. The number of anilines is 1. The standard InChI is InChI=1S/C13H13Cl2N3O3S/c14-9-3-1-4-10(12(9)15)21-8-7-18-13-11(22(16,19)20)5-2-6-17-13/h1-6H,7-8H2,(H,17,18)(H2,16,19,20). The largest absolute Gasteiger partial charge is 0.490 e. The lowest BCUT2D eigenvalue weighted by atomic mass is 10.3. The van der Waals surface area contributed by atoms with Crippen molar-refractivity contribution in [1.82, 2.24) is 4.98 Å². The van der Waals surface area contributed by atoms with E-state index < -0.39 is 10.0 Å². The Morgan fingerprint density at radius 3 is 2.73 bits per heavy atom. The minimum Gasteiger partial charge on any atom is -0.490 e. The Morgan fingerprint density at radius 2 is 2.00 bits per heavy atom. The maximum atomic E-state index is 11.4. The summed E-state index contributed by atoms with van der Waals surface area (Å²) in [5, 5.41) is 8.69. The number of sulfonamides is 1. The van der Waals surface area contributed by atoms with Crippen LogP contribution >= 0.6 is 23.2 Å². The Labute approximate surface area is 138 Å². The van der Waals surface area contributed by atoms with E-state index in [0.717, 1.165) is 0 Å². The first-order valence-electron chi connectivity index (χ1n) is 6.18. The minimum atomic E-state index is -3.84. The molecule has 0 aliphatic heterocycles. The van der Waals surface area contributed by atoms with E-state index in [-0.39, 0.29) is 17.3 Å². The lowest BCUT2D eigenvalue weighted by molar-refractivity contribution is 0.333. The number of primary sulfonamides is 1. The molecule has 0 atom stereocenters. The van der Waals surface area contributed by atoms with E-state index in [1.807, 2.05) is 0 Å². The molecule has 0 bridgehead atoms. The summed E-state index contributed by atoms with van der Waals surface area (Å²) in [5.74, 6) is 0.620. The molecule has 0 aliphatic rings. The van der Waals surface area contributed by atoms with Crippen molar-refractivity contribution in [1.29, 1.82) is 0 Å². The zero-order valence-electron chi connectivity index (χ0n) is 11.3. The highest BCUT2D eigenvalue weighted by atomic mass is 35.5. The van der Waals surface area contributed by atoms with E-state index >= 15 is 0 Å². The molecular weight excluding hydrogens is 349 g/mol. The van der Waals surface area contributed by atoms with E-state index in [2.05, 4.69) is 10.3 Å².